The summed E-state index contributed by atoms with van der Waals surface area (Å²) in [6.07, 6.45) is 5.38. The van der Waals surface area contributed by atoms with Crippen LogP contribution in [0.25, 0.3) is 0 Å². The average Bonchev–Trinajstić information content (AvgIpc) is 2.46. The fourth-order valence-corrected chi connectivity index (χ4v) is 2.41. The Morgan fingerprint density at radius 3 is 2.94 bits per heavy atom. The van der Waals surface area contributed by atoms with E-state index in [0.29, 0.717) is 17.6 Å². The van der Waals surface area contributed by atoms with Gasteiger partial charge in [-0.3, -0.25) is 9.78 Å². The first-order valence-corrected chi connectivity index (χ1v) is 6.70. The minimum absolute atomic E-state index is 0.106. The molecular weight excluding hydrogens is 226 g/mol. The van der Waals surface area contributed by atoms with Gasteiger partial charge in [0.2, 0.25) is 0 Å². The van der Waals surface area contributed by atoms with E-state index in [0.717, 1.165) is 25.9 Å². The van der Waals surface area contributed by atoms with E-state index >= 15 is 0 Å². The summed E-state index contributed by atoms with van der Waals surface area (Å²) >= 11 is 0. The number of nitrogens with one attached hydrogen (secondary N) is 1. The van der Waals surface area contributed by atoms with Crippen LogP contribution in [0.4, 0.5) is 0 Å². The van der Waals surface area contributed by atoms with Crippen molar-refractivity contribution in [2.75, 3.05) is 13.1 Å². The number of amides is 1. The molecule has 4 heteroatoms. The average molecular weight is 247 g/mol. The van der Waals surface area contributed by atoms with Crippen LogP contribution < -0.4 is 5.32 Å². The summed E-state index contributed by atoms with van der Waals surface area (Å²) in [6.45, 7) is 5.96. The van der Waals surface area contributed by atoms with Crippen LogP contribution in [0.1, 0.15) is 37.0 Å². The van der Waals surface area contributed by atoms with E-state index in [1.807, 2.05) is 17.0 Å². The van der Waals surface area contributed by atoms with Crippen LogP contribution in [0, 0.1) is 0 Å². The van der Waals surface area contributed by atoms with E-state index in [-0.39, 0.29) is 5.91 Å². The second-order valence-corrected chi connectivity index (χ2v) is 4.77. The lowest BCUT2D eigenvalue weighted by molar-refractivity contribution is 0.0575. The van der Waals surface area contributed by atoms with Crippen LogP contribution >= 0.6 is 0 Å². The van der Waals surface area contributed by atoms with Gasteiger partial charge in [0.25, 0.3) is 5.91 Å². The van der Waals surface area contributed by atoms with E-state index in [4.69, 9.17) is 0 Å². The van der Waals surface area contributed by atoms with E-state index in [9.17, 15) is 4.79 Å². The topological polar surface area (TPSA) is 45.2 Å². The van der Waals surface area contributed by atoms with E-state index < -0.39 is 0 Å². The van der Waals surface area contributed by atoms with Crippen LogP contribution in [0.3, 0.4) is 0 Å². The number of aromatic nitrogens is 1. The first-order valence-electron chi connectivity index (χ1n) is 6.70. The highest BCUT2D eigenvalue weighted by molar-refractivity contribution is 5.94. The van der Waals surface area contributed by atoms with Gasteiger partial charge < -0.3 is 10.2 Å². The SMILES string of the molecule is CCC1CN(C(=O)c2cccnc2)C(CC)CN1. The van der Waals surface area contributed by atoms with Gasteiger partial charge in [0, 0.05) is 37.6 Å². The van der Waals surface area contributed by atoms with E-state index in [1.54, 1.807) is 12.4 Å². The zero-order chi connectivity index (χ0) is 13.0. The van der Waals surface area contributed by atoms with Crippen LogP contribution in [-0.4, -0.2) is 41.0 Å². The first-order chi connectivity index (χ1) is 8.76. The Balaban J connectivity index is 2.15. The van der Waals surface area contributed by atoms with Crippen molar-refractivity contribution in [1.82, 2.24) is 15.2 Å². The summed E-state index contributed by atoms with van der Waals surface area (Å²) in [7, 11) is 0. The van der Waals surface area contributed by atoms with Crippen molar-refractivity contribution >= 4 is 5.91 Å². The van der Waals surface area contributed by atoms with Crippen LogP contribution in [0.15, 0.2) is 24.5 Å². The van der Waals surface area contributed by atoms with Crippen molar-refractivity contribution in [3.05, 3.63) is 30.1 Å². The fraction of sp³-hybridized carbons (Fsp3) is 0.571. The lowest BCUT2D eigenvalue weighted by Crippen LogP contribution is -2.57. The molecule has 2 rings (SSSR count). The highest BCUT2D eigenvalue weighted by Gasteiger charge is 2.29. The molecule has 0 radical (unpaired) electrons. The summed E-state index contributed by atoms with van der Waals surface area (Å²) in [4.78, 5) is 18.5. The quantitative estimate of drug-likeness (QED) is 0.884. The highest BCUT2D eigenvalue weighted by Crippen LogP contribution is 2.15. The molecule has 1 N–H and O–H groups in total. The first kappa shape index (κ1) is 13.0. The molecule has 1 saturated heterocycles. The standard InChI is InChI=1S/C14H21N3O/c1-3-12-10-17(13(4-2)9-16-12)14(18)11-6-5-7-15-8-11/h5-8,12-13,16H,3-4,9-10H2,1-2H3. The number of piperazine rings is 1. The number of carbonyl (C=O) groups is 1. The van der Waals surface area contributed by atoms with Gasteiger partial charge in [0.05, 0.1) is 5.56 Å². The summed E-state index contributed by atoms with van der Waals surface area (Å²) in [5.74, 6) is 0.106. The predicted molar refractivity (Wildman–Crippen MR) is 71.4 cm³/mol. The lowest BCUT2D eigenvalue weighted by atomic mass is 10.0. The Labute approximate surface area is 108 Å². The molecule has 1 aromatic heterocycles. The van der Waals surface area contributed by atoms with Gasteiger partial charge in [-0.1, -0.05) is 13.8 Å². The van der Waals surface area contributed by atoms with Crippen molar-refractivity contribution in [2.45, 2.75) is 38.8 Å². The zero-order valence-corrected chi connectivity index (χ0v) is 11.1. The third kappa shape index (κ3) is 2.70. The summed E-state index contributed by atoms with van der Waals surface area (Å²) in [6, 6.07) is 4.35. The van der Waals surface area contributed by atoms with Crippen molar-refractivity contribution in [2.24, 2.45) is 0 Å². The minimum Gasteiger partial charge on any atom is -0.333 e. The molecule has 0 spiro atoms. The van der Waals surface area contributed by atoms with Crippen molar-refractivity contribution in [1.29, 1.82) is 0 Å². The highest BCUT2D eigenvalue weighted by atomic mass is 16.2. The van der Waals surface area contributed by atoms with Gasteiger partial charge >= 0.3 is 0 Å². The Bertz CT molecular complexity index is 393. The maximum Gasteiger partial charge on any atom is 0.255 e. The fourth-order valence-electron chi connectivity index (χ4n) is 2.41. The number of nitrogens with zero attached hydrogens (tertiary/aromatic N) is 2. The van der Waals surface area contributed by atoms with Gasteiger partial charge in [-0.15, -0.1) is 0 Å². The maximum absolute atomic E-state index is 12.5. The molecule has 98 valence electrons. The normalized spacial score (nSPS) is 24.0. The molecule has 0 saturated carbocycles. The minimum atomic E-state index is 0.106. The summed E-state index contributed by atoms with van der Waals surface area (Å²) < 4.78 is 0. The predicted octanol–water partition coefficient (Wildman–Crippen LogP) is 1.68. The van der Waals surface area contributed by atoms with E-state index in [2.05, 4.69) is 24.1 Å². The number of carbonyl (C=O) groups excluding carboxylic acids is 1. The molecule has 1 aliphatic heterocycles. The Hall–Kier alpha value is -1.42. The molecule has 4 nitrogen and oxygen atoms in total. The molecule has 0 aliphatic carbocycles. The molecule has 2 heterocycles. The van der Waals surface area contributed by atoms with Crippen molar-refractivity contribution < 1.29 is 4.79 Å². The Kier molecular flexibility index (Phi) is 4.31. The third-order valence-electron chi connectivity index (χ3n) is 3.63. The maximum atomic E-state index is 12.5. The molecule has 2 unspecified atom stereocenters. The van der Waals surface area contributed by atoms with Crippen LogP contribution in [0.5, 0.6) is 0 Å². The second kappa shape index (κ2) is 5.96. The lowest BCUT2D eigenvalue weighted by Gasteiger charge is -2.40. The molecule has 0 aromatic carbocycles. The Morgan fingerprint density at radius 1 is 1.50 bits per heavy atom. The molecule has 2 atom stereocenters. The smallest absolute Gasteiger partial charge is 0.255 e. The van der Waals surface area contributed by atoms with Crippen LogP contribution in [0.2, 0.25) is 0 Å². The second-order valence-electron chi connectivity index (χ2n) is 4.77. The van der Waals surface area contributed by atoms with Gasteiger partial charge in [-0.2, -0.15) is 0 Å². The van der Waals surface area contributed by atoms with Gasteiger partial charge in [-0.25, -0.2) is 0 Å². The van der Waals surface area contributed by atoms with Crippen molar-refractivity contribution in [3.8, 4) is 0 Å². The molecule has 0 bridgehead atoms. The molecule has 1 amide bonds. The van der Waals surface area contributed by atoms with E-state index in [1.165, 1.54) is 0 Å². The Morgan fingerprint density at radius 2 is 2.33 bits per heavy atom. The molecule has 1 fully saturated rings. The van der Waals surface area contributed by atoms with Gasteiger partial charge in [0.15, 0.2) is 0 Å². The van der Waals surface area contributed by atoms with Gasteiger partial charge in [-0.05, 0) is 25.0 Å². The molecule has 18 heavy (non-hydrogen) atoms. The number of pyridine rings is 1. The van der Waals surface area contributed by atoms with Crippen LogP contribution in [-0.2, 0) is 0 Å². The zero-order valence-electron chi connectivity index (χ0n) is 11.1. The summed E-state index contributed by atoms with van der Waals surface area (Å²) in [5.41, 5.74) is 0.688. The van der Waals surface area contributed by atoms with Crippen molar-refractivity contribution in [3.63, 3.8) is 0 Å². The molecule has 1 aromatic rings. The number of hydrogen-bond donors (Lipinski definition) is 1. The number of rotatable bonds is 3. The largest absolute Gasteiger partial charge is 0.333 e. The third-order valence-corrected chi connectivity index (χ3v) is 3.63. The van der Waals surface area contributed by atoms with Gasteiger partial charge in [0.1, 0.15) is 0 Å². The monoisotopic (exact) mass is 247 g/mol. The number of hydrogen-bond acceptors (Lipinski definition) is 3. The molecular formula is C14H21N3O. The summed E-state index contributed by atoms with van der Waals surface area (Å²) in [5, 5.41) is 3.50. The molecule has 1 aliphatic rings.